The molecule has 1 heteroatoms. The van der Waals surface area contributed by atoms with Crippen molar-refractivity contribution >= 4 is 5.78 Å². The van der Waals surface area contributed by atoms with E-state index in [0.717, 1.165) is 0 Å². The molecule has 1 nitrogen and oxygen atoms in total. The molecule has 0 N–H and O–H groups in total. The summed E-state index contributed by atoms with van der Waals surface area (Å²) in [6, 6.07) is 0. The van der Waals surface area contributed by atoms with Gasteiger partial charge in [0.05, 0.1) is 0 Å². The van der Waals surface area contributed by atoms with E-state index in [1.807, 2.05) is 6.08 Å². The van der Waals surface area contributed by atoms with E-state index in [-0.39, 0.29) is 11.2 Å². The second-order valence-electron chi connectivity index (χ2n) is 4.55. The summed E-state index contributed by atoms with van der Waals surface area (Å²) in [5.74, 6) is 0.758. The Hall–Kier alpha value is -0.850. The molecule has 2 unspecified atom stereocenters. The lowest BCUT2D eigenvalue weighted by Crippen LogP contribution is -2.29. The first kappa shape index (κ1) is 8.74. The Morgan fingerprint density at radius 2 is 2.31 bits per heavy atom. The van der Waals surface area contributed by atoms with Gasteiger partial charge in [-0.25, -0.2) is 0 Å². The lowest BCUT2D eigenvalue weighted by molar-refractivity contribution is -0.110. The minimum atomic E-state index is 0.168. The Balaban J connectivity index is 2.39. The van der Waals surface area contributed by atoms with Crippen molar-refractivity contribution in [3.05, 3.63) is 23.8 Å². The third-order valence-corrected chi connectivity index (χ3v) is 3.44. The van der Waals surface area contributed by atoms with Crippen LogP contribution in [0.5, 0.6) is 0 Å². The third-order valence-electron chi connectivity index (χ3n) is 3.44. The lowest BCUT2D eigenvalue weighted by atomic mass is 9.65. The van der Waals surface area contributed by atoms with Crippen LogP contribution >= 0.6 is 0 Å². The Morgan fingerprint density at radius 3 is 3.08 bits per heavy atom. The molecule has 2 aliphatic carbocycles. The first-order chi connectivity index (χ1) is 6.12. The van der Waals surface area contributed by atoms with Gasteiger partial charge in [0.25, 0.3) is 0 Å². The second kappa shape index (κ2) is 2.83. The zero-order valence-corrected chi connectivity index (χ0v) is 8.34. The molecule has 1 saturated carbocycles. The van der Waals surface area contributed by atoms with Crippen molar-refractivity contribution in [3.8, 4) is 0 Å². The van der Waals surface area contributed by atoms with Crippen molar-refractivity contribution in [1.29, 1.82) is 0 Å². The highest BCUT2D eigenvalue weighted by atomic mass is 16.1. The zero-order valence-electron chi connectivity index (χ0n) is 8.34. The van der Waals surface area contributed by atoms with Gasteiger partial charge in [-0.1, -0.05) is 31.9 Å². The summed E-state index contributed by atoms with van der Waals surface area (Å²) in [5, 5.41) is 0. The van der Waals surface area contributed by atoms with Gasteiger partial charge >= 0.3 is 0 Å². The highest BCUT2D eigenvalue weighted by Gasteiger charge is 2.35. The van der Waals surface area contributed by atoms with Crippen LogP contribution in [0.2, 0.25) is 0 Å². The molecule has 0 aliphatic heterocycles. The summed E-state index contributed by atoms with van der Waals surface area (Å²) >= 11 is 0. The predicted molar refractivity (Wildman–Crippen MR) is 53.4 cm³/mol. The lowest BCUT2D eigenvalue weighted by Gasteiger charge is -2.39. The van der Waals surface area contributed by atoms with Crippen LogP contribution in [0.15, 0.2) is 23.8 Å². The standard InChI is InChI=1S/C12H16O/c1-9-4-3-6-12(2)7-5-10(13)8-11(9)12/h5,7-9H,3-4,6H2,1-2H3. The number of hydrogen-bond donors (Lipinski definition) is 0. The quantitative estimate of drug-likeness (QED) is 0.554. The van der Waals surface area contributed by atoms with Crippen molar-refractivity contribution in [2.75, 3.05) is 0 Å². The fraction of sp³-hybridized carbons (Fsp3) is 0.583. The summed E-state index contributed by atoms with van der Waals surface area (Å²) in [5.41, 5.74) is 1.54. The molecular formula is C12H16O. The van der Waals surface area contributed by atoms with Crippen LogP contribution < -0.4 is 0 Å². The van der Waals surface area contributed by atoms with Crippen LogP contribution in [-0.4, -0.2) is 5.78 Å². The molecule has 2 atom stereocenters. The van der Waals surface area contributed by atoms with Gasteiger partial charge in [0.2, 0.25) is 0 Å². The van der Waals surface area contributed by atoms with Crippen molar-refractivity contribution in [1.82, 2.24) is 0 Å². The molecule has 0 aromatic heterocycles. The molecule has 0 bridgehead atoms. The average Bonchev–Trinajstić information content (AvgIpc) is 2.08. The smallest absolute Gasteiger partial charge is 0.178 e. The van der Waals surface area contributed by atoms with Crippen LogP contribution in [0.4, 0.5) is 0 Å². The van der Waals surface area contributed by atoms with Crippen LogP contribution in [0.25, 0.3) is 0 Å². The molecule has 13 heavy (non-hydrogen) atoms. The normalized spacial score (nSPS) is 38.5. The molecule has 0 aromatic carbocycles. The highest BCUT2D eigenvalue weighted by Crippen LogP contribution is 2.46. The van der Waals surface area contributed by atoms with Gasteiger partial charge < -0.3 is 0 Å². The Labute approximate surface area is 79.5 Å². The maximum Gasteiger partial charge on any atom is 0.178 e. The van der Waals surface area contributed by atoms with Crippen molar-refractivity contribution in [2.24, 2.45) is 11.3 Å². The highest BCUT2D eigenvalue weighted by molar-refractivity contribution is 6.01. The number of allylic oxidation sites excluding steroid dienone is 4. The van der Waals surface area contributed by atoms with Crippen LogP contribution in [0.1, 0.15) is 33.1 Å². The summed E-state index contributed by atoms with van der Waals surface area (Å²) < 4.78 is 0. The molecule has 70 valence electrons. The van der Waals surface area contributed by atoms with Gasteiger partial charge in [0.15, 0.2) is 5.78 Å². The Bertz CT molecular complexity index is 298. The van der Waals surface area contributed by atoms with E-state index in [1.54, 1.807) is 6.08 Å². The van der Waals surface area contributed by atoms with Crippen molar-refractivity contribution in [3.63, 3.8) is 0 Å². The minimum absolute atomic E-state index is 0.168. The number of hydrogen-bond acceptors (Lipinski definition) is 1. The van der Waals surface area contributed by atoms with Gasteiger partial charge in [-0.15, -0.1) is 0 Å². The SMILES string of the molecule is CC1CCCC2(C)C=CC(=O)C=C12. The second-order valence-corrected chi connectivity index (χ2v) is 4.55. The zero-order chi connectivity index (χ0) is 9.47. The summed E-state index contributed by atoms with van der Waals surface area (Å²) in [7, 11) is 0. The first-order valence-corrected chi connectivity index (χ1v) is 5.07. The maximum atomic E-state index is 11.2. The maximum absolute atomic E-state index is 11.2. The van der Waals surface area contributed by atoms with Gasteiger partial charge in [-0.2, -0.15) is 0 Å². The number of carbonyl (C=O) groups is 1. The summed E-state index contributed by atoms with van der Waals surface area (Å²) in [6.45, 7) is 4.48. The monoisotopic (exact) mass is 176 g/mol. The van der Waals surface area contributed by atoms with E-state index in [1.165, 1.54) is 24.8 Å². The Morgan fingerprint density at radius 1 is 1.54 bits per heavy atom. The van der Waals surface area contributed by atoms with Gasteiger partial charge in [-0.3, -0.25) is 4.79 Å². The molecular weight excluding hydrogens is 160 g/mol. The van der Waals surface area contributed by atoms with Gasteiger partial charge in [-0.05, 0) is 30.9 Å². The van der Waals surface area contributed by atoms with E-state index in [9.17, 15) is 4.79 Å². The Kier molecular flexibility index (Phi) is 1.90. The summed E-state index contributed by atoms with van der Waals surface area (Å²) in [6.07, 6.45) is 9.40. The molecule has 0 saturated heterocycles. The molecule has 0 spiro atoms. The molecule has 0 heterocycles. The molecule has 2 aliphatic rings. The fourth-order valence-corrected chi connectivity index (χ4v) is 2.59. The van der Waals surface area contributed by atoms with E-state index in [4.69, 9.17) is 0 Å². The average molecular weight is 176 g/mol. The number of fused-ring (bicyclic) bond motifs is 1. The number of ketones is 1. The van der Waals surface area contributed by atoms with Gasteiger partial charge in [0.1, 0.15) is 0 Å². The molecule has 0 aromatic rings. The van der Waals surface area contributed by atoms with Crippen LogP contribution in [0.3, 0.4) is 0 Å². The van der Waals surface area contributed by atoms with E-state index in [2.05, 4.69) is 19.9 Å². The number of carbonyl (C=O) groups excluding carboxylic acids is 1. The molecule has 0 amide bonds. The van der Waals surface area contributed by atoms with Crippen LogP contribution in [-0.2, 0) is 4.79 Å². The number of rotatable bonds is 0. The van der Waals surface area contributed by atoms with Crippen molar-refractivity contribution in [2.45, 2.75) is 33.1 Å². The van der Waals surface area contributed by atoms with E-state index in [0.29, 0.717) is 5.92 Å². The van der Waals surface area contributed by atoms with Gasteiger partial charge in [0, 0.05) is 5.41 Å². The molecule has 1 fully saturated rings. The first-order valence-electron chi connectivity index (χ1n) is 5.07. The van der Waals surface area contributed by atoms with Crippen LogP contribution in [0, 0.1) is 11.3 Å². The van der Waals surface area contributed by atoms with E-state index >= 15 is 0 Å². The van der Waals surface area contributed by atoms with E-state index < -0.39 is 0 Å². The largest absolute Gasteiger partial charge is 0.290 e. The fourth-order valence-electron chi connectivity index (χ4n) is 2.59. The van der Waals surface area contributed by atoms with Crippen molar-refractivity contribution < 1.29 is 4.79 Å². The minimum Gasteiger partial charge on any atom is -0.290 e. The molecule has 0 radical (unpaired) electrons. The summed E-state index contributed by atoms with van der Waals surface area (Å²) in [4.78, 5) is 11.2. The third kappa shape index (κ3) is 1.37. The topological polar surface area (TPSA) is 17.1 Å². The molecule has 2 rings (SSSR count). The predicted octanol–water partition coefficient (Wildman–Crippen LogP) is 2.88.